The van der Waals surface area contributed by atoms with Gasteiger partial charge in [0.15, 0.2) is 0 Å². The molecule has 2 rings (SSSR count). The Hall–Kier alpha value is -1.36. The molecule has 0 aromatic heterocycles. The third kappa shape index (κ3) is 7.83. The highest BCUT2D eigenvalue weighted by Gasteiger charge is 2.67. The minimum absolute atomic E-state index is 0.327. The van der Waals surface area contributed by atoms with Crippen molar-refractivity contribution in [1.29, 1.82) is 0 Å². The third-order valence-corrected chi connectivity index (χ3v) is 7.44. The number of ether oxygens (including phenoxy) is 3. The number of fused-ring (bicyclic) bond motifs is 2. The predicted molar refractivity (Wildman–Crippen MR) is 132 cm³/mol. The van der Waals surface area contributed by atoms with Crippen molar-refractivity contribution in [3.63, 3.8) is 0 Å². The van der Waals surface area contributed by atoms with Crippen molar-refractivity contribution in [3.05, 3.63) is 12.2 Å². The van der Waals surface area contributed by atoms with E-state index < -0.39 is 23.7 Å². The zero-order chi connectivity index (χ0) is 23.9. The lowest BCUT2D eigenvalue weighted by Gasteiger charge is -2.39. The average Bonchev–Trinajstić information content (AvgIpc) is 3.00. The summed E-state index contributed by atoms with van der Waals surface area (Å²) < 4.78 is 16.8. The van der Waals surface area contributed by atoms with Crippen LogP contribution in [-0.4, -0.2) is 30.9 Å². The second-order valence-corrected chi connectivity index (χ2v) is 9.79. The minimum Gasteiger partial charge on any atom is -0.422 e. The Bertz CT molecular complexity index is 599. The molecule has 0 aromatic carbocycles. The zero-order valence-corrected chi connectivity index (χ0v) is 21.4. The van der Waals surface area contributed by atoms with Gasteiger partial charge in [0.2, 0.25) is 0 Å². The molecule has 0 radical (unpaired) electrons. The normalized spacial score (nSPS) is 26.7. The van der Waals surface area contributed by atoms with Crippen molar-refractivity contribution in [2.24, 2.45) is 11.3 Å². The van der Waals surface area contributed by atoms with Gasteiger partial charge >= 0.3 is 11.9 Å². The molecule has 2 aliphatic heterocycles. The van der Waals surface area contributed by atoms with E-state index in [1.807, 2.05) is 13.8 Å². The van der Waals surface area contributed by atoms with Crippen molar-refractivity contribution in [1.82, 2.24) is 0 Å². The van der Waals surface area contributed by atoms with E-state index in [1.54, 1.807) is 0 Å². The van der Waals surface area contributed by atoms with Gasteiger partial charge in [0.25, 0.3) is 6.29 Å². The van der Waals surface area contributed by atoms with E-state index in [0.717, 1.165) is 12.8 Å². The number of unbranched alkanes of at least 4 members (excludes halogenated alkanes) is 12. The first-order chi connectivity index (χ1) is 16.1. The first kappa shape index (κ1) is 27.9. The standard InChI is InChI=1S/C28H48O5/c1-4-7-8-9-10-11-12-13-14-15-16-17-18-19-20-21-22-31-24-26-32-25(29)23(5-2)28(24,6-3)27(30)33-26/h13-14,23-24,26H,4-12,15-22H2,1-3H3/b14-13-. The zero-order valence-electron chi connectivity index (χ0n) is 21.4. The minimum atomic E-state index is -0.878. The molecule has 33 heavy (non-hydrogen) atoms. The Labute approximate surface area is 202 Å². The van der Waals surface area contributed by atoms with Gasteiger partial charge in [0.05, 0.1) is 5.92 Å². The maximum Gasteiger partial charge on any atom is 0.319 e. The summed E-state index contributed by atoms with van der Waals surface area (Å²) in [7, 11) is 0. The lowest BCUT2D eigenvalue weighted by atomic mass is 9.67. The van der Waals surface area contributed by atoms with E-state index in [1.165, 1.54) is 77.0 Å². The smallest absolute Gasteiger partial charge is 0.319 e. The van der Waals surface area contributed by atoms with Crippen LogP contribution < -0.4 is 0 Å². The van der Waals surface area contributed by atoms with Gasteiger partial charge in [-0.15, -0.1) is 0 Å². The molecule has 0 amide bonds. The summed E-state index contributed by atoms with van der Waals surface area (Å²) in [6, 6.07) is 0. The molecule has 190 valence electrons. The Kier molecular flexibility index (Phi) is 13.1. The maximum absolute atomic E-state index is 12.6. The number of hydrogen-bond donors (Lipinski definition) is 0. The number of carbonyl (C=O) groups excluding carboxylic acids is 2. The van der Waals surface area contributed by atoms with Crippen LogP contribution in [0, 0.1) is 11.3 Å². The van der Waals surface area contributed by atoms with Gasteiger partial charge in [-0.3, -0.25) is 9.59 Å². The molecule has 0 spiro atoms. The number of hydrogen-bond acceptors (Lipinski definition) is 5. The summed E-state index contributed by atoms with van der Waals surface area (Å²) >= 11 is 0. The predicted octanol–water partition coefficient (Wildman–Crippen LogP) is 7.27. The van der Waals surface area contributed by atoms with Crippen molar-refractivity contribution < 1.29 is 23.8 Å². The molecule has 4 atom stereocenters. The summed E-state index contributed by atoms with van der Waals surface area (Å²) in [5.41, 5.74) is -0.878. The van der Waals surface area contributed by atoms with Crippen LogP contribution in [0.5, 0.6) is 0 Å². The molecule has 5 heteroatoms. The first-order valence-electron chi connectivity index (χ1n) is 13.8. The van der Waals surface area contributed by atoms with Crippen LogP contribution in [0.3, 0.4) is 0 Å². The highest BCUT2D eigenvalue weighted by Crippen LogP contribution is 2.51. The van der Waals surface area contributed by atoms with Crippen LogP contribution in [-0.2, 0) is 23.8 Å². The van der Waals surface area contributed by atoms with Crippen molar-refractivity contribution in [3.8, 4) is 0 Å². The monoisotopic (exact) mass is 464 g/mol. The number of allylic oxidation sites excluding steroid dienone is 2. The first-order valence-corrected chi connectivity index (χ1v) is 13.8. The van der Waals surface area contributed by atoms with Gasteiger partial charge in [-0.2, -0.15) is 0 Å². The summed E-state index contributed by atoms with van der Waals surface area (Å²) in [6.45, 7) is 6.69. The Morgan fingerprint density at radius 3 is 1.94 bits per heavy atom. The van der Waals surface area contributed by atoms with Gasteiger partial charge in [0, 0.05) is 6.61 Å². The molecule has 0 saturated carbocycles. The van der Waals surface area contributed by atoms with Gasteiger partial charge in [-0.25, -0.2) is 0 Å². The van der Waals surface area contributed by atoms with Gasteiger partial charge in [-0.05, 0) is 44.9 Å². The van der Waals surface area contributed by atoms with Gasteiger partial charge in [-0.1, -0.05) is 90.7 Å². The molecule has 2 heterocycles. The summed E-state index contributed by atoms with van der Waals surface area (Å²) in [5, 5.41) is 0. The lowest BCUT2D eigenvalue weighted by molar-refractivity contribution is -0.214. The highest BCUT2D eigenvalue weighted by molar-refractivity contribution is 5.90. The van der Waals surface area contributed by atoms with E-state index in [4.69, 9.17) is 14.2 Å². The Morgan fingerprint density at radius 2 is 1.36 bits per heavy atom. The fourth-order valence-electron chi connectivity index (χ4n) is 5.38. The van der Waals surface area contributed by atoms with Crippen LogP contribution in [0.15, 0.2) is 12.2 Å². The van der Waals surface area contributed by atoms with Crippen molar-refractivity contribution in [2.45, 2.75) is 136 Å². The molecule has 4 unspecified atom stereocenters. The number of carbonyl (C=O) groups is 2. The molecule has 0 aromatic rings. The SMILES string of the molecule is CCCCCCCC/C=C\CCCCCCCCOC1C2OC(=O)C(CC)C1(CC)C(=O)O2. The van der Waals surface area contributed by atoms with E-state index in [2.05, 4.69) is 19.1 Å². The van der Waals surface area contributed by atoms with Crippen molar-refractivity contribution >= 4 is 11.9 Å². The second-order valence-electron chi connectivity index (χ2n) is 9.79. The van der Waals surface area contributed by atoms with Crippen molar-refractivity contribution in [2.75, 3.05) is 6.61 Å². The Morgan fingerprint density at radius 1 is 0.788 bits per heavy atom. The maximum atomic E-state index is 12.6. The largest absolute Gasteiger partial charge is 0.422 e. The molecule has 2 fully saturated rings. The molecule has 2 aliphatic rings. The van der Waals surface area contributed by atoms with E-state index in [9.17, 15) is 9.59 Å². The molecule has 5 nitrogen and oxygen atoms in total. The fourth-order valence-corrected chi connectivity index (χ4v) is 5.38. The Balaban J connectivity index is 1.50. The molecule has 0 N–H and O–H groups in total. The fraction of sp³-hybridized carbons (Fsp3) is 0.857. The van der Waals surface area contributed by atoms with Crippen LogP contribution in [0.1, 0.15) is 124 Å². The lowest BCUT2D eigenvalue weighted by Crippen LogP contribution is -2.54. The molecular weight excluding hydrogens is 416 g/mol. The van der Waals surface area contributed by atoms with E-state index >= 15 is 0 Å². The summed E-state index contributed by atoms with van der Waals surface area (Å²) in [4.78, 5) is 24.8. The van der Waals surface area contributed by atoms with Gasteiger partial charge < -0.3 is 14.2 Å². The highest BCUT2D eigenvalue weighted by atomic mass is 16.7. The molecule has 0 aliphatic carbocycles. The summed E-state index contributed by atoms with van der Waals surface area (Å²) in [6.07, 6.45) is 22.2. The van der Waals surface area contributed by atoms with Crippen LogP contribution in [0.4, 0.5) is 0 Å². The molecular formula is C28H48O5. The van der Waals surface area contributed by atoms with Gasteiger partial charge in [0.1, 0.15) is 11.5 Å². The molecule has 2 bridgehead atoms. The quantitative estimate of drug-likeness (QED) is 0.114. The average molecular weight is 465 g/mol. The van der Waals surface area contributed by atoms with Crippen LogP contribution >= 0.6 is 0 Å². The van der Waals surface area contributed by atoms with E-state index in [-0.39, 0.29) is 11.9 Å². The second kappa shape index (κ2) is 15.5. The van der Waals surface area contributed by atoms with E-state index in [0.29, 0.717) is 19.4 Å². The van der Waals surface area contributed by atoms with Crippen LogP contribution in [0.25, 0.3) is 0 Å². The number of rotatable bonds is 19. The number of esters is 2. The third-order valence-electron chi connectivity index (χ3n) is 7.44. The summed E-state index contributed by atoms with van der Waals surface area (Å²) in [5.74, 6) is -1.13. The molecule has 2 saturated heterocycles. The topological polar surface area (TPSA) is 61.8 Å². The van der Waals surface area contributed by atoms with Crippen LogP contribution in [0.2, 0.25) is 0 Å².